The highest BCUT2D eigenvalue weighted by Crippen LogP contribution is 2.21. The van der Waals surface area contributed by atoms with Gasteiger partial charge in [0.2, 0.25) is 15.9 Å². The lowest BCUT2D eigenvalue weighted by atomic mass is 10.1. The van der Waals surface area contributed by atoms with Crippen molar-refractivity contribution >= 4 is 21.8 Å². The molecular weight excluding hydrogens is 456 g/mol. The maximum absolute atomic E-state index is 13.0. The molecule has 4 rings (SSSR count). The molecule has 2 heterocycles. The quantitative estimate of drug-likeness (QED) is 0.577. The van der Waals surface area contributed by atoms with Gasteiger partial charge in [-0.05, 0) is 37.1 Å². The Bertz CT molecular complexity index is 1300. The molecule has 1 aliphatic heterocycles. The lowest BCUT2D eigenvalue weighted by Gasteiger charge is -2.34. The van der Waals surface area contributed by atoms with Crippen LogP contribution in [-0.4, -0.2) is 67.3 Å². The number of nitrogens with one attached hydrogen (secondary N) is 1. The molecule has 1 N–H and O–H groups in total. The predicted octanol–water partition coefficient (Wildman–Crippen LogP) is 2.22. The first-order valence-electron chi connectivity index (χ1n) is 10.9. The third kappa shape index (κ3) is 5.02. The first-order valence-corrected chi connectivity index (χ1v) is 12.4. The third-order valence-electron chi connectivity index (χ3n) is 5.91. The van der Waals surface area contributed by atoms with Gasteiger partial charge in [-0.25, -0.2) is 8.42 Å². The Labute approximate surface area is 198 Å². The van der Waals surface area contributed by atoms with Crippen molar-refractivity contribution in [3.05, 3.63) is 71.4 Å². The molecule has 0 radical (unpaired) electrons. The van der Waals surface area contributed by atoms with E-state index in [2.05, 4.69) is 10.5 Å². The Morgan fingerprint density at radius 3 is 2.35 bits per heavy atom. The van der Waals surface area contributed by atoms with E-state index in [1.54, 1.807) is 23.1 Å². The zero-order valence-electron chi connectivity index (χ0n) is 19.0. The SMILES string of the molecule is Cc1ccc(S(=O)(=O)N2CCN(C(=O)CNC(=O)c3cc(-c4ccccc4)on3)CC2)cc1C. The number of sulfonamides is 1. The summed E-state index contributed by atoms with van der Waals surface area (Å²) in [6, 6.07) is 15.8. The Morgan fingerprint density at radius 2 is 1.68 bits per heavy atom. The normalized spacial score (nSPS) is 14.7. The maximum atomic E-state index is 13.0. The highest BCUT2D eigenvalue weighted by molar-refractivity contribution is 7.89. The van der Waals surface area contributed by atoms with E-state index in [1.165, 1.54) is 10.4 Å². The molecular formula is C24H26N4O5S. The number of piperazine rings is 1. The monoisotopic (exact) mass is 482 g/mol. The maximum Gasteiger partial charge on any atom is 0.273 e. The summed E-state index contributed by atoms with van der Waals surface area (Å²) in [5.74, 6) is -0.350. The van der Waals surface area contributed by atoms with E-state index in [9.17, 15) is 18.0 Å². The Morgan fingerprint density at radius 1 is 0.971 bits per heavy atom. The molecule has 3 aromatic rings. The average Bonchev–Trinajstić information content (AvgIpc) is 3.35. The predicted molar refractivity (Wildman–Crippen MR) is 126 cm³/mol. The van der Waals surface area contributed by atoms with Gasteiger partial charge in [0.15, 0.2) is 11.5 Å². The van der Waals surface area contributed by atoms with E-state index in [-0.39, 0.29) is 49.2 Å². The number of amides is 2. The molecule has 34 heavy (non-hydrogen) atoms. The molecule has 0 unspecified atom stereocenters. The largest absolute Gasteiger partial charge is 0.355 e. The number of carbonyl (C=O) groups excluding carboxylic acids is 2. The molecule has 1 saturated heterocycles. The zero-order valence-corrected chi connectivity index (χ0v) is 19.8. The van der Waals surface area contributed by atoms with Gasteiger partial charge < -0.3 is 14.7 Å². The van der Waals surface area contributed by atoms with Gasteiger partial charge >= 0.3 is 0 Å². The summed E-state index contributed by atoms with van der Waals surface area (Å²) in [7, 11) is -3.63. The van der Waals surface area contributed by atoms with Crippen LogP contribution in [0.2, 0.25) is 0 Å². The van der Waals surface area contributed by atoms with E-state index < -0.39 is 15.9 Å². The topological polar surface area (TPSA) is 113 Å². The summed E-state index contributed by atoms with van der Waals surface area (Å²) < 4.78 is 32.5. The fraction of sp³-hybridized carbons (Fsp3) is 0.292. The van der Waals surface area contributed by atoms with Crippen LogP contribution in [0.3, 0.4) is 0 Å². The highest BCUT2D eigenvalue weighted by Gasteiger charge is 2.30. The minimum Gasteiger partial charge on any atom is -0.355 e. The molecule has 0 aliphatic carbocycles. The van der Waals surface area contributed by atoms with Crippen LogP contribution in [0, 0.1) is 13.8 Å². The van der Waals surface area contributed by atoms with Gasteiger partial charge in [0.05, 0.1) is 11.4 Å². The van der Waals surface area contributed by atoms with Crippen LogP contribution in [0.4, 0.5) is 0 Å². The summed E-state index contributed by atoms with van der Waals surface area (Å²) in [4.78, 5) is 26.7. The number of aryl methyl sites for hydroxylation is 2. The van der Waals surface area contributed by atoms with Crippen LogP contribution < -0.4 is 5.32 Å². The van der Waals surface area contributed by atoms with E-state index in [0.29, 0.717) is 5.76 Å². The summed E-state index contributed by atoms with van der Waals surface area (Å²) in [5.41, 5.74) is 2.81. The van der Waals surface area contributed by atoms with Crippen molar-refractivity contribution in [1.82, 2.24) is 19.7 Å². The lowest BCUT2D eigenvalue weighted by Crippen LogP contribution is -2.52. The van der Waals surface area contributed by atoms with Crippen LogP contribution >= 0.6 is 0 Å². The van der Waals surface area contributed by atoms with Crippen molar-refractivity contribution in [3.63, 3.8) is 0 Å². The Balaban J connectivity index is 1.29. The summed E-state index contributed by atoms with van der Waals surface area (Å²) >= 11 is 0. The number of rotatable bonds is 6. The smallest absolute Gasteiger partial charge is 0.273 e. The number of aromatic nitrogens is 1. The molecule has 0 bridgehead atoms. The van der Waals surface area contributed by atoms with Gasteiger partial charge in [0.25, 0.3) is 5.91 Å². The lowest BCUT2D eigenvalue weighted by molar-refractivity contribution is -0.131. The van der Waals surface area contributed by atoms with Crippen molar-refractivity contribution in [2.24, 2.45) is 0 Å². The Hall–Kier alpha value is -3.50. The standard InChI is InChI=1S/C24H26N4O5S/c1-17-8-9-20(14-18(17)2)34(31,32)28-12-10-27(11-13-28)23(29)16-25-24(30)21-15-22(33-26-21)19-6-4-3-5-7-19/h3-9,14-15H,10-13,16H2,1-2H3,(H,25,30). The molecule has 10 heteroatoms. The van der Waals surface area contributed by atoms with Crippen molar-refractivity contribution in [3.8, 4) is 11.3 Å². The second kappa shape index (κ2) is 9.78. The molecule has 1 aromatic heterocycles. The van der Waals surface area contributed by atoms with Crippen LogP contribution in [0.1, 0.15) is 21.6 Å². The minimum atomic E-state index is -3.63. The molecule has 0 saturated carbocycles. The molecule has 178 valence electrons. The molecule has 1 fully saturated rings. The zero-order chi connectivity index (χ0) is 24.3. The first-order chi connectivity index (χ1) is 16.3. The van der Waals surface area contributed by atoms with Gasteiger partial charge in [0, 0.05) is 37.8 Å². The number of carbonyl (C=O) groups is 2. The molecule has 0 atom stereocenters. The molecule has 0 spiro atoms. The highest BCUT2D eigenvalue weighted by atomic mass is 32.2. The second-order valence-corrected chi connectivity index (χ2v) is 10.1. The Kier molecular flexibility index (Phi) is 6.80. The second-order valence-electron chi connectivity index (χ2n) is 8.16. The molecule has 9 nitrogen and oxygen atoms in total. The molecule has 2 aromatic carbocycles. The van der Waals surface area contributed by atoms with Crippen molar-refractivity contribution < 1.29 is 22.5 Å². The van der Waals surface area contributed by atoms with Crippen molar-refractivity contribution in [2.75, 3.05) is 32.7 Å². The van der Waals surface area contributed by atoms with Gasteiger partial charge in [-0.15, -0.1) is 0 Å². The summed E-state index contributed by atoms with van der Waals surface area (Å²) in [6.07, 6.45) is 0. The van der Waals surface area contributed by atoms with Crippen LogP contribution in [0.15, 0.2) is 64.0 Å². The fourth-order valence-corrected chi connectivity index (χ4v) is 5.19. The first kappa shape index (κ1) is 23.7. The van der Waals surface area contributed by atoms with Crippen LogP contribution in [-0.2, 0) is 14.8 Å². The number of benzene rings is 2. The van der Waals surface area contributed by atoms with E-state index >= 15 is 0 Å². The number of hydrogen-bond donors (Lipinski definition) is 1. The average molecular weight is 483 g/mol. The minimum absolute atomic E-state index is 0.0796. The van der Waals surface area contributed by atoms with Crippen LogP contribution in [0.25, 0.3) is 11.3 Å². The fourth-order valence-electron chi connectivity index (χ4n) is 3.68. The van der Waals surface area contributed by atoms with E-state index in [0.717, 1.165) is 16.7 Å². The summed E-state index contributed by atoms with van der Waals surface area (Å²) in [5, 5.41) is 6.33. The van der Waals surface area contributed by atoms with E-state index in [1.807, 2.05) is 44.2 Å². The van der Waals surface area contributed by atoms with Crippen molar-refractivity contribution in [2.45, 2.75) is 18.7 Å². The van der Waals surface area contributed by atoms with Gasteiger partial charge in [-0.2, -0.15) is 4.31 Å². The van der Waals surface area contributed by atoms with Gasteiger partial charge in [-0.1, -0.05) is 41.6 Å². The number of nitrogens with zero attached hydrogens (tertiary/aromatic N) is 3. The van der Waals surface area contributed by atoms with E-state index in [4.69, 9.17) is 4.52 Å². The van der Waals surface area contributed by atoms with Crippen LogP contribution in [0.5, 0.6) is 0 Å². The van der Waals surface area contributed by atoms with Gasteiger partial charge in [0.1, 0.15) is 0 Å². The summed E-state index contributed by atoms with van der Waals surface area (Å²) in [6.45, 7) is 4.48. The van der Waals surface area contributed by atoms with Gasteiger partial charge in [-0.3, -0.25) is 9.59 Å². The van der Waals surface area contributed by atoms with Crippen molar-refractivity contribution in [1.29, 1.82) is 0 Å². The number of hydrogen-bond acceptors (Lipinski definition) is 6. The molecule has 1 aliphatic rings. The third-order valence-corrected chi connectivity index (χ3v) is 7.80. The molecule has 2 amide bonds.